The Hall–Kier alpha value is -1.56. The Morgan fingerprint density at radius 1 is 1.52 bits per heavy atom. The van der Waals surface area contributed by atoms with Gasteiger partial charge in [0, 0.05) is 11.4 Å². The van der Waals surface area contributed by atoms with Gasteiger partial charge in [0.15, 0.2) is 0 Å². The van der Waals surface area contributed by atoms with Gasteiger partial charge in [0.1, 0.15) is 5.54 Å². The van der Waals surface area contributed by atoms with Crippen LogP contribution in [0.4, 0.5) is 4.79 Å². The summed E-state index contributed by atoms with van der Waals surface area (Å²) in [7, 11) is 0. The summed E-state index contributed by atoms with van der Waals surface area (Å²) in [6.07, 6.45) is 2.98. The minimum atomic E-state index is -1.10. The molecule has 2 unspecified atom stereocenters. The van der Waals surface area contributed by atoms with Crippen LogP contribution in [0.5, 0.6) is 0 Å². The van der Waals surface area contributed by atoms with Crippen LogP contribution in [-0.4, -0.2) is 34.1 Å². The van der Waals surface area contributed by atoms with E-state index < -0.39 is 11.5 Å². The second kappa shape index (κ2) is 6.47. The first kappa shape index (κ1) is 15.8. The van der Waals surface area contributed by atoms with E-state index in [2.05, 4.69) is 5.32 Å². The highest BCUT2D eigenvalue weighted by Gasteiger charge is 2.44. The third-order valence-electron chi connectivity index (χ3n) is 4.19. The van der Waals surface area contributed by atoms with Crippen LogP contribution in [0.15, 0.2) is 17.5 Å². The van der Waals surface area contributed by atoms with Crippen molar-refractivity contribution >= 4 is 23.3 Å². The molecule has 5 nitrogen and oxygen atoms in total. The Morgan fingerprint density at radius 3 is 2.86 bits per heavy atom. The zero-order valence-electron chi connectivity index (χ0n) is 12.5. The number of nitrogens with one attached hydrogen (secondary N) is 1. The molecule has 0 aromatic carbocycles. The van der Waals surface area contributed by atoms with Crippen molar-refractivity contribution in [3.8, 4) is 0 Å². The van der Waals surface area contributed by atoms with Crippen molar-refractivity contribution in [1.82, 2.24) is 10.2 Å². The molecule has 2 amide bonds. The molecule has 0 bridgehead atoms. The highest BCUT2D eigenvalue weighted by atomic mass is 32.1. The van der Waals surface area contributed by atoms with Gasteiger partial charge in [-0.25, -0.2) is 9.59 Å². The fourth-order valence-corrected chi connectivity index (χ4v) is 3.62. The molecule has 116 valence electrons. The molecular weight excluding hydrogens is 288 g/mol. The fraction of sp³-hybridized carbons (Fsp3) is 0.600. The van der Waals surface area contributed by atoms with E-state index >= 15 is 0 Å². The molecule has 21 heavy (non-hydrogen) atoms. The van der Waals surface area contributed by atoms with Gasteiger partial charge in [-0.15, -0.1) is 11.3 Å². The summed E-state index contributed by atoms with van der Waals surface area (Å²) in [6.45, 7) is 4.15. The number of piperidine rings is 1. The number of carboxylic acid groups (broad SMARTS) is 1. The average Bonchev–Trinajstić information content (AvgIpc) is 2.98. The highest BCUT2D eigenvalue weighted by Crippen LogP contribution is 2.29. The number of nitrogens with zero attached hydrogens (tertiary/aromatic N) is 1. The average molecular weight is 310 g/mol. The summed E-state index contributed by atoms with van der Waals surface area (Å²) in [4.78, 5) is 26.7. The van der Waals surface area contributed by atoms with E-state index in [9.17, 15) is 14.7 Å². The van der Waals surface area contributed by atoms with Gasteiger partial charge in [0.05, 0.1) is 6.04 Å². The number of carboxylic acids is 1. The van der Waals surface area contributed by atoms with Crippen LogP contribution in [0, 0.1) is 0 Å². The molecule has 1 fully saturated rings. The van der Waals surface area contributed by atoms with Crippen LogP contribution < -0.4 is 5.32 Å². The first-order valence-corrected chi connectivity index (χ1v) is 8.22. The molecule has 1 aliphatic heterocycles. The molecule has 1 aliphatic rings. The minimum Gasteiger partial charge on any atom is -0.480 e. The number of aliphatic carboxylic acids is 1. The zero-order valence-corrected chi connectivity index (χ0v) is 13.3. The summed E-state index contributed by atoms with van der Waals surface area (Å²) in [5.41, 5.74) is -1.10. The number of carbonyl (C=O) groups is 2. The van der Waals surface area contributed by atoms with Crippen LogP contribution in [-0.2, 0) is 4.79 Å². The Kier molecular flexibility index (Phi) is 4.88. The Balaban J connectivity index is 2.12. The van der Waals surface area contributed by atoms with Crippen molar-refractivity contribution in [3.63, 3.8) is 0 Å². The largest absolute Gasteiger partial charge is 0.480 e. The number of thiophene rings is 1. The molecule has 1 saturated heterocycles. The van der Waals surface area contributed by atoms with E-state index in [4.69, 9.17) is 0 Å². The summed E-state index contributed by atoms with van der Waals surface area (Å²) in [5, 5.41) is 14.4. The normalized spacial score (nSPS) is 23.6. The molecule has 2 N–H and O–H groups in total. The van der Waals surface area contributed by atoms with Crippen molar-refractivity contribution < 1.29 is 14.7 Å². The third kappa shape index (κ3) is 3.20. The van der Waals surface area contributed by atoms with Gasteiger partial charge in [-0.3, -0.25) is 0 Å². The van der Waals surface area contributed by atoms with Crippen molar-refractivity contribution in [3.05, 3.63) is 22.4 Å². The number of likely N-dealkylation sites (tertiary alicyclic amines) is 1. The van der Waals surface area contributed by atoms with E-state index in [0.29, 0.717) is 13.0 Å². The number of urea groups is 1. The molecule has 6 heteroatoms. The Bertz CT molecular complexity index is 503. The fourth-order valence-electron chi connectivity index (χ4n) is 2.76. The topological polar surface area (TPSA) is 69.6 Å². The maximum absolute atomic E-state index is 12.5. The number of hydrogen-bond acceptors (Lipinski definition) is 3. The van der Waals surface area contributed by atoms with Gasteiger partial charge in [0.25, 0.3) is 0 Å². The summed E-state index contributed by atoms with van der Waals surface area (Å²) in [6, 6.07) is 3.61. The van der Waals surface area contributed by atoms with Gasteiger partial charge in [-0.1, -0.05) is 13.0 Å². The monoisotopic (exact) mass is 310 g/mol. The van der Waals surface area contributed by atoms with E-state index in [1.165, 1.54) is 4.90 Å². The number of hydrogen-bond donors (Lipinski definition) is 2. The van der Waals surface area contributed by atoms with E-state index in [1.807, 2.05) is 24.4 Å². The summed E-state index contributed by atoms with van der Waals surface area (Å²) < 4.78 is 0. The van der Waals surface area contributed by atoms with Crippen LogP contribution in [0.2, 0.25) is 0 Å². The van der Waals surface area contributed by atoms with Gasteiger partial charge in [0.2, 0.25) is 0 Å². The first-order chi connectivity index (χ1) is 9.99. The molecule has 1 aromatic heterocycles. The van der Waals surface area contributed by atoms with Crippen molar-refractivity contribution in [1.29, 1.82) is 0 Å². The Labute approximate surface area is 129 Å². The lowest BCUT2D eigenvalue weighted by molar-refractivity contribution is -0.150. The van der Waals surface area contributed by atoms with Crippen LogP contribution in [0.1, 0.15) is 50.4 Å². The molecule has 1 aromatic rings. The zero-order chi connectivity index (χ0) is 15.5. The summed E-state index contributed by atoms with van der Waals surface area (Å²) >= 11 is 1.60. The standard InChI is InChI=1S/C15H22N2O3S/c1-3-11(12-7-6-10-21-12)16-14(20)17-9-5-4-8-15(17,2)13(18)19/h6-7,10-11H,3-5,8-9H2,1-2H3,(H,16,20)(H,18,19). The molecule has 0 saturated carbocycles. The minimum absolute atomic E-state index is 0.0579. The van der Waals surface area contributed by atoms with Crippen molar-refractivity contribution in [2.45, 2.75) is 51.1 Å². The van der Waals surface area contributed by atoms with E-state index in [1.54, 1.807) is 18.3 Å². The predicted molar refractivity (Wildman–Crippen MR) is 82.5 cm³/mol. The van der Waals surface area contributed by atoms with E-state index in [-0.39, 0.29) is 12.1 Å². The summed E-state index contributed by atoms with van der Waals surface area (Å²) in [5.74, 6) is -0.929. The van der Waals surface area contributed by atoms with E-state index in [0.717, 1.165) is 24.1 Å². The lowest BCUT2D eigenvalue weighted by atomic mass is 9.89. The second-order valence-corrected chi connectivity index (χ2v) is 6.59. The lowest BCUT2D eigenvalue weighted by Crippen LogP contribution is -2.60. The smallest absolute Gasteiger partial charge is 0.329 e. The highest BCUT2D eigenvalue weighted by molar-refractivity contribution is 7.10. The quantitative estimate of drug-likeness (QED) is 0.897. The molecule has 0 radical (unpaired) electrons. The molecular formula is C15H22N2O3S. The van der Waals surface area contributed by atoms with Gasteiger partial charge in [-0.2, -0.15) is 0 Å². The molecule has 2 heterocycles. The molecule has 2 atom stereocenters. The van der Waals surface area contributed by atoms with Crippen LogP contribution in [0.3, 0.4) is 0 Å². The molecule has 0 aliphatic carbocycles. The van der Waals surface area contributed by atoms with Crippen molar-refractivity contribution in [2.24, 2.45) is 0 Å². The van der Waals surface area contributed by atoms with Gasteiger partial charge < -0.3 is 15.3 Å². The van der Waals surface area contributed by atoms with Gasteiger partial charge in [-0.05, 0) is 44.1 Å². The maximum Gasteiger partial charge on any atom is 0.329 e. The number of amides is 2. The predicted octanol–water partition coefficient (Wildman–Crippen LogP) is 3.24. The number of rotatable bonds is 4. The van der Waals surface area contributed by atoms with Crippen molar-refractivity contribution in [2.75, 3.05) is 6.54 Å². The molecule has 0 spiro atoms. The third-order valence-corrected chi connectivity index (χ3v) is 5.18. The van der Waals surface area contributed by atoms with Crippen LogP contribution in [0.25, 0.3) is 0 Å². The second-order valence-electron chi connectivity index (χ2n) is 5.61. The first-order valence-electron chi connectivity index (χ1n) is 7.34. The molecule has 2 rings (SSSR count). The van der Waals surface area contributed by atoms with Gasteiger partial charge >= 0.3 is 12.0 Å². The van der Waals surface area contributed by atoms with Crippen LogP contribution >= 0.6 is 11.3 Å². The number of carbonyl (C=O) groups excluding carboxylic acids is 1. The SMILES string of the molecule is CCC(NC(=O)N1CCCCC1(C)C(=O)O)c1cccs1. The maximum atomic E-state index is 12.5. The Morgan fingerprint density at radius 2 is 2.29 bits per heavy atom. The lowest BCUT2D eigenvalue weighted by Gasteiger charge is -2.42.